The molecule has 0 fully saturated rings. The van der Waals surface area contributed by atoms with Gasteiger partial charge in [0.2, 0.25) is 5.82 Å². The molecule has 0 aliphatic rings. The lowest BCUT2D eigenvalue weighted by atomic mass is 10.00. The van der Waals surface area contributed by atoms with Crippen molar-refractivity contribution in [3.05, 3.63) is 90.1 Å². The van der Waals surface area contributed by atoms with Crippen LogP contribution in [0.3, 0.4) is 0 Å². The molecule has 0 spiro atoms. The number of allylic oxidation sites excluding steroid dienone is 4. The third-order valence-corrected chi connectivity index (χ3v) is 4.81. The Morgan fingerprint density at radius 3 is 2.16 bits per heavy atom. The summed E-state index contributed by atoms with van der Waals surface area (Å²) in [7, 11) is 0. The molecular formula is C28H36F2O. The Morgan fingerprint density at radius 2 is 1.55 bits per heavy atom. The zero-order chi connectivity index (χ0) is 23.2. The average molecular weight is 427 g/mol. The summed E-state index contributed by atoms with van der Waals surface area (Å²) in [4.78, 5) is 0. The summed E-state index contributed by atoms with van der Waals surface area (Å²) in [6.45, 7) is 16.5. The number of hydrogen-bond acceptors (Lipinski definition) is 1. The maximum Gasteiger partial charge on any atom is 0.201 e. The van der Waals surface area contributed by atoms with Crippen LogP contribution in [0.15, 0.2) is 72.9 Å². The summed E-state index contributed by atoms with van der Waals surface area (Å²) < 4.78 is 34.1. The van der Waals surface area contributed by atoms with E-state index < -0.39 is 11.6 Å². The summed E-state index contributed by atoms with van der Waals surface area (Å²) in [5.74, 6) is -1.84. The molecule has 0 saturated heterocycles. The van der Waals surface area contributed by atoms with Crippen molar-refractivity contribution in [2.75, 3.05) is 6.61 Å². The minimum Gasteiger partial charge on any atom is -0.490 e. The van der Waals surface area contributed by atoms with Gasteiger partial charge in [0.25, 0.3) is 0 Å². The van der Waals surface area contributed by atoms with Crippen LogP contribution in [0.25, 0.3) is 11.1 Å². The quantitative estimate of drug-likeness (QED) is 0.257. The van der Waals surface area contributed by atoms with Gasteiger partial charge in [-0.05, 0) is 48.9 Å². The number of unbranched alkanes of at least 4 members (excludes halogenated alkanes) is 1. The molecule has 0 amide bonds. The van der Waals surface area contributed by atoms with Crippen molar-refractivity contribution in [2.45, 2.75) is 59.8 Å². The van der Waals surface area contributed by atoms with E-state index in [9.17, 15) is 8.78 Å². The number of aryl methyl sites for hydroxylation is 1. The molecule has 3 heteroatoms. The number of benzene rings is 2. The number of rotatable bonds is 11. The highest BCUT2D eigenvalue weighted by Crippen LogP contribution is 2.30. The van der Waals surface area contributed by atoms with Crippen molar-refractivity contribution < 1.29 is 13.5 Å². The highest BCUT2D eigenvalue weighted by molar-refractivity contribution is 5.65. The normalized spacial score (nSPS) is 10.5. The Bertz CT molecular complexity index is 863. The predicted octanol–water partition coefficient (Wildman–Crippen LogP) is 8.85. The fraction of sp³-hybridized carbons (Fsp3) is 0.357. The second-order valence-corrected chi connectivity index (χ2v) is 7.14. The predicted molar refractivity (Wildman–Crippen MR) is 130 cm³/mol. The van der Waals surface area contributed by atoms with Crippen LogP contribution in [0.5, 0.6) is 5.75 Å². The van der Waals surface area contributed by atoms with E-state index in [1.54, 1.807) is 6.07 Å². The van der Waals surface area contributed by atoms with Gasteiger partial charge >= 0.3 is 0 Å². The smallest absolute Gasteiger partial charge is 0.201 e. The Morgan fingerprint density at radius 1 is 0.903 bits per heavy atom. The van der Waals surface area contributed by atoms with Gasteiger partial charge in [-0.25, -0.2) is 4.39 Å². The van der Waals surface area contributed by atoms with Crippen LogP contribution < -0.4 is 4.74 Å². The van der Waals surface area contributed by atoms with Gasteiger partial charge in [-0.1, -0.05) is 94.8 Å². The Balaban J connectivity index is 0.00000233. The first-order chi connectivity index (χ1) is 15.0. The van der Waals surface area contributed by atoms with E-state index in [1.807, 2.05) is 57.2 Å². The van der Waals surface area contributed by atoms with Crippen molar-refractivity contribution >= 4 is 0 Å². The van der Waals surface area contributed by atoms with E-state index in [0.717, 1.165) is 48.8 Å². The van der Waals surface area contributed by atoms with Crippen LogP contribution in [0, 0.1) is 11.6 Å². The van der Waals surface area contributed by atoms with E-state index >= 15 is 0 Å². The lowest BCUT2D eigenvalue weighted by molar-refractivity contribution is 0.289. The summed E-state index contributed by atoms with van der Waals surface area (Å²) in [6.07, 6.45) is 8.34. The molecule has 2 rings (SSSR count). The lowest BCUT2D eigenvalue weighted by Crippen LogP contribution is -2.01. The first-order valence-corrected chi connectivity index (χ1v) is 11.2. The van der Waals surface area contributed by atoms with Gasteiger partial charge in [0, 0.05) is 5.56 Å². The van der Waals surface area contributed by atoms with Gasteiger partial charge < -0.3 is 4.74 Å². The molecule has 0 unspecified atom stereocenters. The maximum absolute atomic E-state index is 14.5. The number of ether oxygens (including phenoxy) is 1. The Hall–Kier alpha value is -2.68. The standard InChI is InChI=1S/C26H30F2O.C2H6/c1-5-7-18-29-24-17-16-23(25(27)26(24)28)22-14-12-21(13-15-22)11-10-20(4)9-8-19(3)6-2;1-2/h8-9,12-17H,3-7,10-11,18H2,1-2H3;1-2H3/b9-8-;. The first-order valence-electron chi connectivity index (χ1n) is 11.2. The molecule has 2 aromatic carbocycles. The van der Waals surface area contributed by atoms with Crippen molar-refractivity contribution in [3.8, 4) is 16.9 Å². The molecule has 0 bridgehead atoms. The fourth-order valence-corrected chi connectivity index (χ4v) is 2.79. The zero-order valence-electron chi connectivity index (χ0n) is 19.4. The van der Waals surface area contributed by atoms with E-state index in [4.69, 9.17) is 4.74 Å². The topological polar surface area (TPSA) is 9.23 Å². The molecule has 0 aromatic heterocycles. The molecule has 0 saturated carbocycles. The number of halogens is 2. The molecule has 0 atom stereocenters. The molecule has 0 N–H and O–H groups in total. The largest absolute Gasteiger partial charge is 0.490 e. The molecular weight excluding hydrogens is 390 g/mol. The monoisotopic (exact) mass is 426 g/mol. The Kier molecular flexibility index (Phi) is 12.2. The van der Waals surface area contributed by atoms with E-state index in [2.05, 4.69) is 20.1 Å². The van der Waals surface area contributed by atoms with Gasteiger partial charge in [-0.15, -0.1) is 0 Å². The minimum absolute atomic E-state index is 0.0337. The molecule has 0 radical (unpaired) electrons. The van der Waals surface area contributed by atoms with Crippen LogP contribution in [0.1, 0.15) is 58.9 Å². The second-order valence-electron chi connectivity index (χ2n) is 7.14. The summed E-state index contributed by atoms with van der Waals surface area (Å²) in [5, 5.41) is 0. The minimum atomic E-state index is -0.931. The van der Waals surface area contributed by atoms with Gasteiger partial charge in [0.15, 0.2) is 11.6 Å². The molecule has 0 aliphatic carbocycles. The van der Waals surface area contributed by atoms with Crippen molar-refractivity contribution in [1.82, 2.24) is 0 Å². The van der Waals surface area contributed by atoms with Crippen LogP contribution >= 0.6 is 0 Å². The molecule has 0 heterocycles. The van der Waals surface area contributed by atoms with E-state index in [-0.39, 0.29) is 11.3 Å². The third kappa shape index (κ3) is 8.53. The first kappa shape index (κ1) is 26.4. The summed E-state index contributed by atoms with van der Waals surface area (Å²) >= 11 is 0. The lowest BCUT2D eigenvalue weighted by Gasteiger charge is -2.11. The maximum atomic E-state index is 14.5. The fourth-order valence-electron chi connectivity index (χ4n) is 2.79. The van der Waals surface area contributed by atoms with Crippen molar-refractivity contribution in [1.29, 1.82) is 0 Å². The van der Waals surface area contributed by atoms with Crippen LogP contribution in [0.4, 0.5) is 8.78 Å². The molecule has 2 aromatic rings. The molecule has 168 valence electrons. The third-order valence-electron chi connectivity index (χ3n) is 4.81. The van der Waals surface area contributed by atoms with Crippen molar-refractivity contribution in [3.63, 3.8) is 0 Å². The van der Waals surface area contributed by atoms with E-state index in [1.165, 1.54) is 6.07 Å². The Labute approximate surface area is 187 Å². The van der Waals surface area contributed by atoms with Crippen LogP contribution in [0.2, 0.25) is 0 Å². The van der Waals surface area contributed by atoms with Gasteiger partial charge in [0.1, 0.15) is 0 Å². The van der Waals surface area contributed by atoms with Gasteiger partial charge in [-0.3, -0.25) is 0 Å². The summed E-state index contributed by atoms with van der Waals surface area (Å²) in [6, 6.07) is 10.6. The zero-order valence-corrected chi connectivity index (χ0v) is 19.4. The average Bonchev–Trinajstić information content (AvgIpc) is 2.80. The van der Waals surface area contributed by atoms with Gasteiger partial charge in [0.05, 0.1) is 6.61 Å². The van der Waals surface area contributed by atoms with Crippen LogP contribution in [-0.4, -0.2) is 6.61 Å². The summed E-state index contributed by atoms with van der Waals surface area (Å²) in [5.41, 5.74) is 4.12. The highest BCUT2D eigenvalue weighted by atomic mass is 19.2. The second kappa shape index (κ2) is 14.3. The number of hydrogen-bond donors (Lipinski definition) is 0. The highest BCUT2D eigenvalue weighted by Gasteiger charge is 2.15. The molecule has 31 heavy (non-hydrogen) atoms. The van der Waals surface area contributed by atoms with Crippen LogP contribution in [-0.2, 0) is 6.42 Å². The van der Waals surface area contributed by atoms with Crippen molar-refractivity contribution in [2.24, 2.45) is 0 Å². The molecule has 0 aliphatic heterocycles. The SMILES string of the molecule is C=C(/C=C\C(=C)CCc1ccc(-c2ccc(OCCCC)c(F)c2F)cc1)CC.CC. The van der Waals surface area contributed by atoms with E-state index in [0.29, 0.717) is 12.2 Å². The van der Waals surface area contributed by atoms with Gasteiger partial charge in [-0.2, -0.15) is 4.39 Å². The molecule has 1 nitrogen and oxygen atoms in total.